The maximum Gasteiger partial charge on any atom is 0.170 e. The molecule has 128 valence electrons. The average Bonchev–Trinajstić information content (AvgIpc) is 2.60. The van der Waals surface area contributed by atoms with Gasteiger partial charge in [-0.05, 0) is 68.5 Å². The van der Waals surface area contributed by atoms with E-state index in [0.29, 0.717) is 12.2 Å². The lowest BCUT2D eigenvalue weighted by Gasteiger charge is -2.13. The summed E-state index contributed by atoms with van der Waals surface area (Å²) in [4.78, 5) is 0. The largest absolute Gasteiger partial charge is 0.493 e. The van der Waals surface area contributed by atoms with Crippen molar-refractivity contribution in [3.05, 3.63) is 52.3 Å². The number of ether oxygens (including phenoxy) is 1. The molecule has 0 radical (unpaired) electrons. The van der Waals surface area contributed by atoms with E-state index in [1.165, 1.54) is 0 Å². The summed E-state index contributed by atoms with van der Waals surface area (Å²) in [5.74, 6) is 0.943. The Balaban J connectivity index is 1.92. The molecule has 0 saturated heterocycles. The third-order valence-corrected chi connectivity index (χ3v) is 3.82. The van der Waals surface area contributed by atoms with Crippen LogP contribution in [0, 0.1) is 13.8 Å². The molecule has 1 aromatic carbocycles. The Morgan fingerprint density at radius 1 is 1.17 bits per heavy atom. The number of hydrogen-bond acceptors (Lipinski definition) is 5. The van der Waals surface area contributed by atoms with Crippen LogP contribution in [0.25, 0.3) is 0 Å². The Morgan fingerprint density at radius 2 is 1.79 bits per heavy atom. The van der Waals surface area contributed by atoms with Gasteiger partial charge in [0.15, 0.2) is 5.84 Å². The SMILES string of the molecule is CCc1ccc(CCCOc2c(C)cc(C(N)=NO)cc2C)nn1. The smallest absolute Gasteiger partial charge is 0.170 e. The van der Waals surface area contributed by atoms with E-state index in [-0.39, 0.29) is 5.84 Å². The summed E-state index contributed by atoms with van der Waals surface area (Å²) >= 11 is 0. The van der Waals surface area contributed by atoms with E-state index in [9.17, 15) is 0 Å². The Bertz CT molecular complexity index is 688. The molecule has 0 aliphatic rings. The van der Waals surface area contributed by atoms with Gasteiger partial charge in [-0.15, -0.1) is 0 Å². The average molecular weight is 328 g/mol. The fraction of sp³-hybridized carbons (Fsp3) is 0.389. The highest BCUT2D eigenvalue weighted by Crippen LogP contribution is 2.25. The number of nitrogens with two attached hydrogens (primary N) is 1. The lowest BCUT2D eigenvalue weighted by atomic mass is 10.1. The van der Waals surface area contributed by atoms with Crippen LogP contribution in [-0.4, -0.2) is 27.8 Å². The van der Waals surface area contributed by atoms with Crippen LogP contribution >= 0.6 is 0 Å². The lowest BCUT2D eigenvalue weighted by molar-refractivity contribution is 0.306. The van der Waals surface area contributed by atoms with Crippen molar-refractivity contribution < 1.29 is 9.94 Å². The number of rotatable bonds is 7. The van der Waals surface area contributed by atoms with Crippen molar-refractivity contribution in [1.29, 1.82) is 0 Å². The number of oxime groups is 1. The van der Waals surface area contributed by atoms with E-state index in [4.69, 9.17) is 15.7 Å². The Kier molecular flexibility index (Phi) is 6.12. The highest BCUT2D eigenvalue weighted by molar-refractivity contribution is 5.97. The molecule has 24 heavy (non-hydrogen) atoms. The summed E-state index contributed by atoms with van der Waals surface area (Å²) in [6, 6.07) is 7.75. The summed E-state index contributed by atoms with van der Waals surface area (Å²) in [6.45, 7) is 6.56. The summed E-state index contributed by atoms with van der Waals surface area (Å²) < 4.78 is 5.91. The maximum atomic E-state index is 8.77. The molecule has 6 heteroatoms. The number of hydrogen-bond donors (Lipinski definition) is 2. The van der Waals surface area contributed by atoms with Crippen LogP contribution in [0.2, 0.25) is 0 Å². The molecule has 0 spiro atoms. The summed E-state index contributed by atoms with van der Waals surface area (Å²) in [7, 11) is 0. The molecule has 2 aromatic rings. The molecule has 0 fully saturated rings. The second-order valence-corrected chi connectivity index (χ2v) is 5.75. The molecule has 3 N–H and O–H groups in total. The number of benzene rings is 1. The zero-order valence-electron chi connectivity index (χ0n) is 14.4. The molecule has 0 unspecified atom stereocenters. The van der Waals surface area contributed by atoms with Crippen molar-refractivity contribution in [1.82, 2.24) is 10.2 Å². The molecule has 1 aromatic heterocycles. The van der Waals surface area contributed by atoms with Gasteiger partial charge in [0.25, 0.3) is 0 Å². The van der Waals surface area contributed by atoms with Crippen LogP contribution in [0.15, 0.2) is 29.4 Å². The van der Waals surface area contributed by atoms with Crippen LogP contribution in [0.3, 0.4) is 0 Å². The first-order chi connectivity index (χ1) is 11.5. The zero-order valence-corrected chi connectivity index (χ0v) is 14.4. The van der Waals surface area contributed by atoms with Crippen molar-refractivity contribution >= 4 is 5.84 Å². The number of aromatic nitrogens is 2. The minimum atomic E-state index is 0.0989. The minimum Gasteiger partial charge on any atom is -0.493 e. The van der Waals surface area contributed by atoms with Crippen LogP contribution in [0.5, 0.6) is 5.75 Å². The number of aryl methyl sites for hydroxylation is 4. The third kappa shape index (κ3) is 4.44. The summed E-state index contributed by atoms with van der Waals surface area (Å²) in [5.41, 5.74) is 10.2. The van der Waals surface area contributed by atoms with Gasteiger partial charge in [0.05, 0.1) is 18.0 Å². The van der Waals surface area contributed by atoms with E-state index < -0.39 is 0 Å². The Morgan fingerprint density at radius 3 is 2.33 bits per heavy atom. The fourth-order valence-corrected chi connectivity index (χ4v) is 2.52. The normalized spacial score (nSPS) is 11.5. The third-order valence-electron chi connectivity index (χ3n) is 3.82. The molecule has 2 rings (SSSR count). The van der Waals surface area contributed by atoms with Crippen LogP contribution in [-0.2, 0) is 12.8 Å². The molecular weight excluding hydrogens is 304 g/mol. The van der Waals surface area contributed by atoms with E-state index in [0.717, 1.165) is 47.5 Å². The Labute approximate surface area is 142 Å². The monoisotopic (exact) mass is 328 g/mol. The molecular formula is C18H24N4O2. The van der Waals surface area contributed by atoms with Gasteiger partial charge in [0.2, 0.25) is 0 Å². The van der Waals surface area contributed by atoms with Gasteiger partial charge < -0.3 is 15.7 Å². The van der Waals surface area contributed by atoms with Gasteiger partial charge in [0.1, 0.15) is 5.75 Å². The van der Waals surface area contributed by atoms with Gasteiger partial charge in [-0.3, -0.25) is 0 Å². The molecule has 6 nitrogen and oxygen atoms in total. The van der Waals surface area contributed by atoms with E-state index in [2.05, 4.69) is 22.3 Å². The molecule has 0 saturated carbocycles. The minimum absolute atomic E-state index is 0.0989. The van der Waals surface area contributed by atoms with Crippen molar-refractivity contribution in [3.8, 4) is 5.75 Å². The highest BCUT2D eigenvalue weighted by atomic mass is 16.5. The maximum absolute atomic E-state index is 8.77. The van der Waals surface area contributed by atoms with Crippen molar-refractivity contribution in [3.63, 3.8) is 0 Å². The molecule has 0 aliphatic heterocycles. The second kappa shape index (κ2) is 8.29. The number of amidine groups is 1. The predicted octanol–water partition coefficient (Wildman–Crippen LogP) is 2.76. The first-order valence-corrected chi connectivity index (χ1v) is 8.08. The Hall–Kier alpha value is -2.63. The number of nitrogens with zero attached hydrogens (tertiary/aromatic N) is 3. The van der Waals surface area contributed by atoms with E-state index in [1.54, 1.807) is 0 Å². The molecule has 1 heterocycles. The van der Waals surface area contributed by atoms with Gasteiger partial charge in [0, 0.05) is 5.56 Å². The van der Waals surface area contributed by atoms with Crippen LogP contribution in [0.4, 0.5) is 0 Å². The lowest BCUT2D eigenvalue weighted by Crippen LogP contribution is -2.14. The van der Waals surface area contributed by atoms with Crippen molar-refractivity contribution in [2.24, 2.45) is 10.9 Å². The van der Waals surface area contributed by atoms with E-state index in [1.807, 2.05) is 38.1 Å². The molecule has 0 amide bonds. The van der Waals surface area contributed by atoms with Crippen LogP contribution in [0.1, 0.15) is 41.4 Å². The topological polar surface area (TPSA) is 93.6 Å². The first kappa shape index (κ1) is 17.7. The quantitative estimate of drug-likeness (QED) is 0.268. The summed E-state index contributed by atoms with van der Waals surface area (Å²) in [5, 5.41) is 20.2. The van der Waals surface area contributed by atoms with Crippen LogP contribution < -0.4 is 10.5 Å². The van der Waals surface area contributed by atoms with Crippen molar-refractivity contribution in [2.45, 2.75) is 40.0 Å². The fourth-order valence-electron chi connectivity index (χ4n) is 2.52. The first-order valence-electron chi connectivity index (χ1n) is 8.08. The van der Waals surface area contributed by atoms with Crippen molar-refractivity contribution in [2.75, 3.05) is 6.61 Å². The zero-order chi connectivity index (χ0) is 17.5. The molecule has 0 bridgehead atoms. The molecule has 0 aliphatic carbocycles. The predicted molar refractivity (Wildman–Crippen MR) is 93.7 cm³/mol. The van der Waals surface area contributed by atoms with Gasteiger partial charge in [-0.25, -0.2) is 0 Å². The highest BCUT2D eigenvalue weighted by Gasteiger charge is 2.09. The summed E-state index contributed by atoms with van der Waals surface area (Å²) in [6.07, 6.45) is 2.59. The molecule has 0 atom stereocenters. The van der Waals surface area contributed by atoms with Gasteiger partial charge in [-0.2, -0.15) is 10.2 Å². The van der Waals surface area contributed by atoms with E-state index >= 15 is 0 Å². The van der Waals surface area contributed by atoms with Gasteiger partial charge >= 0.3 is 0 Å². The standard InChI is InChI=1S/C18H24N4O2/c1-4-15-7-8-16(21-20-15)6-5-9-24-17-12(2)10-14(11-13(17)3)18(19)22-23/h7-8,10-11,23H,4-6,9H2,1-3H3,(H2,19,22). The van der Waals surface area contributed by atoms with Gasteiger partial charge in [-0.1, -0.05) is 12.1 Å². The second-order valence-electron chi connectivity index (χ2n) is 5.75.